The Balaban J connectivity index is 1.41. The van der Waals surface area contributed by atoms with Crippen molar-refractivity contribution in [1.82, 2.24) is 0 Å². The van der Waals surface area contributed by atoms with Gasteiger partial charge in [-0.3, -0.25) is 0 Å². The van der Waals surface area contributed by atoms with Gasteiger partial charge in [-0.15, -0.1) is 6.58 Å². The topological polar surface area (TPSA) is 9.23 Å². The number of ether oxygens (including phenoxy) is 1. The summed E-state index contributed by atoms with van der Waals surface area (Å²) in [6.07, 6.45) is 13.2. The Bertz CT molecular complexity index is 1020. The van der Waals surface area contributed by atoms with Gasteiger partial charge >= 0.3 is 0 Å². The Morgan fingerprint density at radius 1 is 0.771 bits per heavy atom. The molecule has 0 aliphatic heterocycles. The second-order valence-corrected chi connectivity index (χ2v) is 10.3. The average molecular weight is 489 g/mol. The van der Waals surface area contributed by atoms with E-state index in [1.165, 1.54) is 50.3 Å². The van der Waals surface area contributed by atoms with E-state index in [2.05, 4.69) is 6.58 Å². The molecule has 190 valence electrons. The summed E-state index contributed by atoms with van der Waals surface area (Å²) >= 11 is 0. The van der Waals surface area contributed by atoms with Gasteiger partial charge in [0.05, 0.1) is 6.61 Å². The molecule has 2 aliphatic rings. The van der Waals surface area contributed by atoms with Gasteiger partial charge in [-0.05, 0) is 99.7 Å². The maximum atomic E-state index is 15.1. The van der Waals surface area contributed by atoms with E-state index in [4.69, 9.17) is 4.74 Å². The van der Waals surface area contributed by atoms with Crippen LogP contribution in [0, 0.1) is 41.0 Å². The van der Waals surface area contributed by atoms with Gasteiger partial charge in [-0.2, -0.15) is 4.39 Å². The van der Waals surface area contributed by atoms with Crippen molar-refractivity contribution in [3.63, 3.8) is 0 Å². The van der Waals surface area contributed by atoms with Crippen molar-refractivity contribution in [2.75, 3.05) is 6.61 Å². The largest absolute Gasteiger partial charge is 0.491 e. The number of allylic oxidation sites excluding steroid dienone is 1. The lowest BCUT2D eigenvalue weighted by atomic mass is 9.68. The zero-order valence-corrected chi connectivity index (χ0v) is 20.6. The van der Waals surface area contributed by atoms with Gasteiger partial charge in [0.1, 0.15) is 0 Å². The van der Waals surface area contributed by atoms with Crippen molar-refractivity contribution >= 4 is 0 Å². The molecule has 2 saturated carbocycles. The molecule has 5 heteroatoms. The first-order valence-corrected chi connectivity index (χ1v) is 13.1. The van der Waals surface area contributed by atoms with Crippen LogP contribution in [0.3, 0.4) is 0 Å². The third-order valence-corrected chi connectivity index (χ3v) is 8.30. The van der Waals surface area contributed by atoms with Crippen molar-refractivity contribution < 1.29 is 22.3 Å². The Labute approximate surface area is 206 Å². The SMILES string of the molecule is C=CCCC1CCC(C2CCC(c3ccc(-c4ccc(OCC)c(F)c4F)c(F)c3F)CC2)CC1. The molecular formula is C30H36F4O. The quantitative estimate of drug-likeness (QED) is 0.266. The van der Waals surface area contributed by atoms with E-state index in [1.807, 2.05) is 6.08 Å². The molecule has 2 aromatic rings. The van der Waals surface area contributed by atoms with Crippen molar-refractivity contribution in [2.24, 2.45) is 17.8 Å². The summed E-state index contributed by atoms with van der Waals surface area (Å²) in [5, 5.41) is 0. The molecule has 1 nitrogen and oxygen atoms in total. The third kappa shape index (κ3) is 5.59. The molecule has 0 spiro atoms. The highest BCUT2D eigenvalue weighted by molar-refractivity contribution is 5.66. The van der Waals surface area contributed by atoms with E-state index in [9.17, 15) is 8.78 Å². The Morgan fingerprint density at radius 2 is 1.34 bits per heavy atom. The molecule has 0 aromatic heterocycles. The van der Waals surface area contributed by atoms with Crippen LogP contribution >= 0.6 is 0 Å². The Kier molecular flexibility index (Phi) is 8.56. The van der Waals surface area contributed by atoms with Crippen molar-refractivity contribution in [1.29, 1.82) is 0 Å². The van der Waals surface area contributed by atoms with Crippen LogP contribution in [0.2, 0.25) is 0 Å². The molecule has 0 N–H and O–H groups in total. The zero-order chi connectivity index (χ0) is 24.9. The molecule has 2 aliphatic carbocycles. The van der Waals surface area contributed by atoms with Crippen LogP contribution in [0.25, 0.3) is 11.1 Å². The molecule has 0 saturated heterocycles. The van der Waals surface area contributed by atoms with Crippen molar-refractivity contribution in [3.05, 3.63) is 65.8 Å². The Morgan fingerprint density at radius 3 is 1.94 bits per heavy atom. The number of benzene rings is 2. The van der Waals surface area contributed by atoms with E-state index < -0.39 is 23.3 Å². The maximum Gasteiger partial charge on any atom is 0.201 e. The summed E-state index contributed by atoms with van der Waals surface area (Å²) in [4.78, 5) is 0. The number of halogens is 4. The summed E-state index contributed by atoms with van der Waals surface area (Å²) in [5.74, 6) is -2.54. The first kappa shape index (κ1) is 25.8. The smallest absolute Gasteiger partial charge is 0.201 e. The van der Waals surface area contributed by atoms with Crippen LogP contribution in [0.1, 0.15) is 82.6 Å². The fraction of sp³-hybridized carbons (Fsp3) is 0.533. The molecule has 0 amide bonds. The second-order valence-electron chi connectivity index (χ2n) is 10.3. The fourth-order valence-electron chi connectivity index (χ4n) is 6.30. The minimum atomic E-state index is -1.23. The molecule has 0 heterocycles. The van der Waals surface area contributed by atoms with Gasteiger partial charge < -0.3 is 4.74 Å². The predicted octanol–water partition coefficient (Wildman–Crippen LogP) is 9.36. The fourth-order valence-corrected chi connectivity index (χ4v) is 6.30. The first-order valence-electron chi connectivity index (χ1n) is 13.1. The summed E-state index contributed by atoms with van der Waals surface area (Å²) in [6, 6.07) is 5.41. The van der Waals surface area contributed by atoms with Crippen LogP contribution in [0.15, 0.2) is 36.9 Å². The van der Waals surface area contributed by atoms with Crippen LogP contribution in [-0.4, -0.2) is 6.61 Å². The molecule has 0 bridgehead atoms. The van der Waals surface area contributed by atoms with E-state index in [0.717, 1.165) is 43.9 Å². The number of hydrogen-bond acceptors (Lipinski definition) is 1. The van der Waals surface area contributed by atoms with Gasteiger partial charge in [-0.1, -0.05) is 31.1 Å². The standard InChI is InChI=1S/C30H36F4O/c1-3-5-6-19-7-9-20(10-8-19)21-11-13-22(14-12-21)23-15-16-24(28(32)27(23)31)25-17-18-26(35-4-2)30(34)29(25)33/h3,15-22H,1,4-14H2,2H3. The van der Waals surface area contributed by atoms with Gasteiger partial charge in [0.2, 0.25) is 5.82 Å². The minimum Gasteiger partial charge on any atom is -0.491 e. The predicted molar refractivity (Wildman–Crippen MR) is 132 cm³/mol. The lowest BCUT2D eigenvalue weighted by Crippen LogP contribution is -2.25. The molecule has 0 radical (unpaired) electrons. The zero-order valence-electron chi connectivity index (χ0n) is 20.6. The number of hydrogen-bond donors (Lipinski definition) is 0. The normalized spacial score (nSPS) is 24.8. The summed E-state index contributed by atoms with van der Waals surface area (Å²) < 4.78 is 64.1. The molecule has 0 atom stereocenters. The van der Waals surface area contributed by atoms with E-state index >= 15 is 8.78 Å². The lowest BCUT2D eigenvalue weighted by molar-refractivity contribution is 0.156. The summed E-state index contributed by atoms with van der Waals surface area (Å²) in [7, 11) is 0. The summed E-state index contributed by atoms with van der Waals surface area (Å²) in [6.45, 7) is 5.66. The summed E-state index contributed by atoms with van der Waals surface area (Å²) in [5.41, 5.74) is -0.224. The van der Waals surface area contributed by atoms with Gasteiger partial charge in [0, 0.05) is 11.1 Å². The van der Waals surface area contributed by atoms with E-state index in [1.54, 1.807) is 13.0 Å². The third-order valence-electron chi connectivity index (χ3n) is 8.30. The van der Waals surface area contributed by atoms with Crippen LogP contribution < -0.4 is 4.74 Å². The molecular weight excluding hydrogens is 452 g/mol. The first-order chi connectivity index (χ1) is 16.9. The average Bonchev–Trinajstić information content (AvgIpc) is 2.88. The highest BCUT2D eigenvalue weighted by atomic mass is 19.2. The van der Waals surface area contributed by atoms with Crippen LogP contribution in [0.5, 0.6) is 5.75 Å². The molecule has 4 rings (SSSR count). The number of rotatable bonds is 8. The Hall–Kier alpha value is -2.30. The van der Waals surface area contributed by atoms with Gasteiger partial charge in [-0.25, -0.2) is 13.2 Å². The molecule has 35 heavy (non-hydrogen) atoms. The van der Waals surface area contributed by atoms with E-state index in [-0.39, 0.29) is 29.4 Å². The highest BCUT2D eigenvalue weighted by Crippen LogP contribution is 2.45. The van der Waals surface area contributed by atoms with Crippen molar-refractivity contribution in [3.8, 4) is 16.9 Å². The minimum absolute atomic E-state index is 0.0411. The lowest BCUT2D eigenvalue weighted by Gasteiger charge is -2.38. The highest BCUT2D eigenvalue weighted by Gasteiger charge is 2.32. The van der Waals surface area contributed by atoms with E-state index in [0.29, 0.717) is 11.5 Å². The van der Waals surface area contributed by atoms with Crippen molar-refractivity contribution in [2.45, 2.75) is 77.0 Å². The molecule has 2 fully saturated rings. The second kappa shape index (κ2) is 11.6. The maximum absolute atomic E-state index is 15.1. The monoisotopic (exact) mass is 488 g/mol. The van der Waals surface area contributed by atoms with Crippen LogP contribution in [-0.2, 0) is 0 Å². The molecule has 2 aromatic carbocycles. The van der Waals surface area contributed by atoms with Gasteiger partial charge in [0.25, 0.3) is 0 Å². The van der Waals surface area contributed by atoms with Gasteiger partial charge in [0.15, 0.2) is 23.2 Å². The van der Waals surface area contributed by atoms with Crippen LogP contribution in [0.4, 0.5) is 17.6 Å². The molecule has 0 unspecified atom stereocenters.